The maximum Gasteiger partial charge on any atom is 0.0466 e. The highest BCUT2D eigenvalue weighted by molar-refractivity contribution is 5.79. The number of aryl methyl sites for hydroxylation is 4. The first-order chi connectivity index (χ1) is 16.9. The highest BCUT2D eigenvalue weighted by atomic mass is 15.1. The van der Waals surface area contributed by atoms with E-state index in [0.717, 1.165) is 11.8 Å². The largest absolute Gasteiger partial charge is 0.310 e. The van der Waals surface area contributed by atoms with Gasteiger partial charge in [0.05, 0.1) is 0 Å². The highest BCUT2D eigenvalue weighted by Gasteiger charge is 2.32. The van der Waals surface area contributed by atoms with Crippen molar-refractivity contribution in [1.82, 2.24) is 0 Å². The Bertz CT molecular complexity index is 1300. The zero-order valence-corrected chi connectivity index (χ0v) is 21.4. The highest BCUT2D eigenvalue weighted by Crippen LogP contribution is 2.50. The van der Waals surface area contributed by atoms with E-state index in [9.17, 15) is 0 Å². The van der Waals surface area contributed by atoms with Crippen LogP contribution in [0.4, 0.5) is 17.1 Å². The van der Waals surface area contributed by atoms with Crippen LogP contribution in [0, 0.1) is 27.7 Å². The molecule has 0 radical (unpaired) electrons. The molecule has 0 atom stereocenters. The van der Waals surface area contributed by atoms with E-state index in [4.69, 9.17) is 0 Å². The Morgan fingerprint density at radius 3 is 1.43 bits per heavy atom. The van der Waals surface area contributed by atoms with E-state index in [1.165, 1.54) is 76.1 Å². The molecule has 4 aromatic rings. The number of anilines is 3. The van der Waals surface area contributed by atoms with E-state index in [1.807, 2.05) is 0 Å². The Kier molecular flexibility index (Phi) is 5.52. The lowest BCUT2D eigenvalue weighted by molar-refractivity contribution is 0.359. The van der Waals surface area contributed by atoms with Gasteiger partial charge in [-0.25, -0.2) is 0 Å². The zero-order valence-electron chi connectivity index (χ0n) is 21.4. The molecule has 0 spiro atoms. The summed E-state index contributed by atoms with van der Waals surface area (Å²) in [4.78, 5) is 2.40. The van der Waals surface area contributed by atoms with Gasteiger partial charge >= 0.3 is 0 Å². The van der Waals surface area contributed by atoms with Crippen molar-refractivity contribution in [3.63, 3.8) is 0 Å². The summed E-state index contributed by atoms with van der Waals surface area (Å²) in [6, 6.07) is 30.1. The lowest BCUT2D eigenvalue weighted by atomic mass is 9.66. The van der Waals surface area contributed by atoms with Crippen molar-refractivity contribution in [2.45, 2.75) is 65.2 Å². The lowest BCUT2D eigenvalue weighted by Gasteiger charge is -2.38. The predicted octanol–water partition coefficient (Wildman–Crippen LogP) is 9.81. The van der Waals surface area contributed by atoms with Gasteiger partial charge in [0.1, 0.15) is 0 Å². The molecule has 1 fully saturated rings. The summed E-state index contributed by atoms with van der Waals surface area (Å²) in [6.45, 7) is 8.73. The second-order valence-corrected chi connectivity index (χ2v) is 11.0. The smallest absolute Gasteiger partial charge is 0.0466 e. The third kappa shape index (κ3) is 4.18. The topological polar surface area (TPSA) is 3.24 Å². The fraction of sp³-hybridized carbons (Fsp3) is 0.294. The summed E-state index contributed by atoms with van der Waals surface area (Å²) in [7, 11) is 0. The van der Waals surface area contributed by atoms with Gasteiger partial charge in [0.2, 0.25) is 0 Å². The van der Waals surface area contributed by atoms with Gasteiger partial charge in [-0.15, -0.1) is 0 Å². The van der Waals surface area contributed by atoms with Crippen LogP contribution in [-0.4, -0.2) is 0 Å². The summed E-state index contributed by atoms with van der Waals surface area (Å²) in [5.74, 6) is 1.58. The average molecular weight is 458 g/mol. The quantitative estimate of drug-likeness (QED) is 0.295. The maximum absolute atomic E-state index is 2.49. The lowest BCUT2D eigenvalue weighted by Crippen LogP contribution is -2.21. The van der Waals surface area contributed by atoms with Crippen molar-refractivity contribution in [3.8, 4) is 11.1 Å². The van der Waals surface area contributed by atoms with Gasteiger partial charge < -0.3 is 4.90 Å². The van der Waals surface area contributed by atoms with Gasteiger partial charge in [-0.1, -0.05) is 42.5 Å². The van der Waals surface area contributed by atoms with Crippen LogP contribution < -0.4 is 4.90 Å². The molecule has 0 saturated heterocycles. The predicted molar refractivity (Wildman–Crippen MR) is 149 cm³/mol. The fourth-order valence-corrected chi connectivity index (χ4v) is 6.60. The number of fused-ring (bicyclic) bond motifs is 2. The van der Waals surface area contributed by atoms with E-state index in [2.05, 4.69) is 111 Å². The Hall–Kier alpha value is -3.32. The molecular formula is C34H35N. The van der Waals surface area contributed by atoms with E-state index in [-0.39, 0.29) is 0 Å². The van der Waals surface area contributed by atoms with Crippen LogP contribution >= 0.6 is 0 Å². The Morgan fingerprint density at radius 1 is 0.457 bits per heavy atom. The molecule has 176 valence electrons. The SMILES string of the molecule is Cc1cc(C)cc(N(c2ccc(-c3ccc4c(c3)C3CCC4CC3)cc2)c2cc(C)cc(C)c2)c1. The Balaban J connectivity index is 1.40. The van der Waals surface area contributed by atoms with Crippen molar-refractivity contribution >= 4 is 17.1 Å². The zero-order chi connectivity index (χ0) is 24.1. The van der Waals surface area contributed by atoms with Crippen LogP contribution in [0.1, 0.15) is 70.9 Å². The normalized spacial score (nSPS) is 18.4. The van der Waals surface area contributed by atoms with E-state index < -0.39 is 0 Å². The van der Waals surface area contributed by atoms with Crippen molar-refractivity contribution in [2.75, 3.05) is 4.90 Å². The molecule has 35 heavy (non-hydrogen) atoms. The standard InChI is InChI=1S/C34H35N/c1-22-15-23(2)18-31(17-22)35(32-19-24(3)16-25(4)20-32)30-12-9-26(10-13-30)29-11-14-33-27-5-7-28(8-6-27)34(33)21-29/h9-21,27-28H,5-8H2,1-4H3. The molecule has 3 aliphatic carbocycles. The molecule has 3 aliphatic rings. The molecular weight excluding hydrogens is 422 g/mol. The number of rotatable bonds is 4. The molecule has 1 nitrogen and oxygen atoms in total. The van der Waals surface area contributed by atoms with Crippen molar-refractivity contribution < 1.29 is 0 Å². The summed E-state index contributed by atoms with van der Waals surface area (Å²) in [5.41, 5.74) is 14.7. The number of nitrogens with zero attached hydrogens (tertiary/aromatic N) is 1. The van der Waals surface area contributed by atoms with Crippen molar-refractivity contribution in [1.29, 1.82) is 0 Å². The molecule has 0 N–H and O–H groups in total. The summed E-state index contributed by atoms with van der Waals surface area (Å²) < 4.78 is 0. The second-order valence-electron chi connectivity index (χ2n) is 11.0. The van der Waals surface area contributed by atoms with Crippen molar-refractivity contribution in [2.24, 2.45) is 0 Å². The first-order valence-electron chi connectivity index (χ1n) is 13.2. The van der Waals surface area contributed by atoms with E-state index in [0.29, 0.717) is 0 Å². The molecule has 4 aromatic carbocycles. The van der Waals surface area contributed by atoms with Gasteiger partial charge in [-0.3, -0.25) is 0 Å². The first kappa shape index (κ1) is 22.2. The molecule has 0 heterocycles. The average Bonchev–Trinajstić information content (AvgIpc) is 2.84. The molecule has 0 aliphatic heterocycles. The molecule has 1 saturated carbocycles. The maximum atomic E-state index is 2.49. The van der Waals surface area contributed by atoms with E-state index >= 15 is 0 Å². The summed E-state index contributed by atoms with van der Waals surface area (Å²) in [6.07, 6.45) is 5.53. The summed E-state index contributed by atoms with van der Waals surface area (Å²) >= 11 is 0. The second kappa shape index (κ2) is 8.72. The summed E-state index contributed by atoms with van der Waals surface area (Å²) in [5, 5.41) is 0. The Labute approximate surface area is 210 Å². The minimum atomic E-state index is 0.777. The molecule has 0 unspecified atom stereocenters. The molecule has 0 aromatic heterocycles. The van der Waals surface area contributed by atoms with Crippen LogP contribution in [0.3, 0.4) is 0 Å². The molecule has 1 heteroatoms. The van der Waals surface area contributed by atoms with Crippen LogP contribution in [0.25, 0.3) is 11.1 Å². The Morgan fingerprint density at radius 2 is 0.914 bits per heavy atom. The third-order valence-electron chi connectivity index (χ3n) is 8.08. The van der Waals surface area contributed by atoms with Crippen molar-refractivity contribution in [3.05, 3.63) is 112 Å². The molecule has 2 bridgehead atoms. The number of benzene rings is 4. The minimum absolute atomic E-state index is 0.777. The fourth-order valence-electron chi connectivity index (χ4n) is 6.60. The third-order valence-corrected chi connectivity index (χ3v) is 8.08. The van der Waals surface area contributed by atoms with Crippen LogP contribution in [-0.2, 0) is 0 Å². The number of hydrogen-bond donors (Lipinski definition) is 0. The van der Waals surface area contributed by atoms with Gasteiger partial charge in [0.15, 0.2) is 0 Å². The van der Waals surface area contributed by atoms with Crippen LogP contribution in [0.2, 0.25) is 0 Å². The monoisotopic (exact) mass is 457 g/mol. The molecule has 0 amide bonds. The van der Waals surface area contributed by atoms with Crippen LogP contribution in [0.5, 0.6) is 0 Å². The molecule has 7 rings (SSSR count). The van der Waals surface area contributed by atoms with Crippen LogP contribution in [0.15, 0.2) is 78.9 Å². The number of hydrogen-bond acceptors (Lipinski definition) is 1. The minimum Gasteiger partial charge on any atom is -0.310 e. The van der Waals surface area contributed by atoms with Gasteiger partial charge in [0.25, 0.3) is 0 Å². The van der Waals surface area contributed by atoms with E-state index in [1.54, 1.807) is 11.1 Å². The van der Waals surface area contributed by atoms with Gasteiger partial charge in [-0.2, -0.15) is 0 Å². The van der Waals surface area contributed by atoms with Gasteiger partial charge in [-0.05, 0) is 146 Å². The first-order valence-corrected chi connectivity index (χ1v) is 13.2. The van der Waals surface area contributed by atoms with Gasteiger partial charge in [0, 0.05) is 17.1 Å².